The van der Waals surface area contributed by atoms with Crippen molar-refractivity contribution in [2.45, 2.75) is 6.42 Å². The lowest BCUT2D eigenvalue weighted by Gasteiger charge is -2.07. The highest BCUT2D eigenvalue weighted by Crippen LogP contribution is 2.08. The number of rotatable bonds is 6. The molecule has 1 heterocycles. The molecule has 0 fully saturated rings. The van der Waals surface area contributed by atoms with E-state index >= 15 is 0 Å². The van der Waals surface area contributed by atoms with Gasteiger partial charge in [-0.3, -0.25) is 4.79 Å². The van der Waals surface area contributed by atoms with E-state index in [4.69, 9.17) is 10.5 Å². The summed E-state index contributed by atoms with van der Waals surface area (Å²) in [4.78, 5) is 15.6. The van der Waals surface area contributed by atoms with Crippen molar-refractivity contribution in [3.63, 3.8) is 0 Å². The van der Waals surface area contributed by atoms with Crippen LogP contribution in [0.5, 0.6) is 5.75 Å². The number of benzene rings is 1. The van der Waals surface area contributed by atoms with E-state index in [1.54, 1.807) is 12.1 Å². The average Bonchev–Trinajstić information content (AvgIpc) is 2.48. The molecule has 5 nitrogen and oxygen atoms in total. The van der Waals surface area contributed by atoms with Crippen LogP contribution in [0.25, 0.3) is 0 Å². The number of hydrogen-bond acceptors (Lipinski definition) is 4. The summed E-state index contributed by atoms with van der Waals surface area (Å²) in [6.07, 6.45) is 2.20. The summed E-state index contributed by atoms with van der Waals surface area (Å²) < 4.78 is 5.53. The van der Waals surface area contributed by atoms with Crippen LogP contribution in [-0.2, 0) is 0 Å². The number of nitrogens with one attached hydrogen (secondary N) is 1. The van der Waals surface area contributed by atoms with E-state index < -0.39 is 0 Å². The van der Waals surface area contributed by atoms with Crippen molar-refractivity contribution in [2.24, 2.45) is 0 Å². The van der Waals surface area contributed by atoms with Gasteiger partial charge in [0.1, 0.15) is 11.6 Å². The Balaban J connectivity index is 1.66. The average molecular weight is 271 g/mol. The topological polar surface area (TPSA) is 77.2 Å². The molecule has 0 radical (unpaired) electrons. The third-order valence-corrected chi connectivity index (χ3v) is 2.67. The van der Waals surface area contributed by atoms with Crippen LogP contribution in [0.2, 0.25) is 0 Å². The lowest BCUT2D eigenvalue weighted by molar-refractivity contribution is 0.0951. The molecule has 20 heavy (non-hydrogen) atoms. The first-order valence-corrected chi connectivity index (χ1v) is 6.43. The molecule has 0 bridgehead atoms. The Labute approximate surface area is 117 Å². The highest BCUT2D eigenvalue weighted by molar-refractivity contribution is 5.93. The van der Waals surface area contributed by atoms with Gasteiger partial charge < -0.3 is 15.8 Å². The van der Waals surface area contributed by atoms with Gasteiger partial charge in [-0.25, -0.2) is 4.98 Å². The van der Waals surface area contributed by atoms with Crippen molar-refractivity contribution < 1.29 is 9.53 Å². The van der Waals surface area contributed by atoms with Gasteiger partial charge in [0, 0.05) is 12.7 Å². The highest BCUT2D eigenvalue weighted by atomic mass is 16.5. The van der Waals surface area contributed by atoms with Crippen molar-refractivity contribution in [2.75, 3.05) is 18.9 Å². The van der Waals surface area contributed by atoms with Crippen molar-refractivity contribution in [1.82, 2.24) is 10.3 Å². The van der Waals surface area contributed by atoms with Gasteiger partial charge >= 0.3 is 0 Å². The Morgan fingerprint density at radius 3 is 2.70 bits per heavy atom. The van der Waals surface area contributed by atoms with Crippen LogP contribution in [0.1, 0.15) is 16.8 Å². The van der Waals surface area contributed by atoms with Gasteiger partial charge in [0.2, 0.25) is 0 Å². The number of pyridine rings is 1. The summed E-state index contributed by atoms with van der Waals surface area (Å²) in [6, 6.07) is 12.8. The third-order valence-electron chi connectivity index (χ3n) is 2.67. The van der Waals surface area contributed by atoms with Gasteiger partial charge in [-0.1, -0.05) is 18.2 Å². The molecule has 0 aliphatic heterocycles. The maximum absolute atomic E-state index is 11.8. The van der Waals surface area contributed by atoms with Crippen molar-refractivity contribution in [3.8, 4) is 5.75 Å². The first-order chi connectivity index (χ1) is 9.75. The molecule has 0 atom stereocenters. The number of nitrogens with two attached hydrogens (primary N) is 1. The molecule has 1 aromatic heterocycles. The molecule has 0 aliphatic rings. The van der Waals surface area contributed by atoms with Gasteiger partial charge in [0.25, 0.3) is 5.91 Å². The maximum Gasteiger partial charge on any atom is 0.252 e. The molecule has 0 saturated heterocycles. The summed E-state index contributed by atoms with van der Waals surface area (Å²) in [5.41, 5.74) is 5.97. The van der Waals surface area contributed by atoms with Crippen LogP contribution in [-0.4, -0.2) is 24.0 Å². The molecular formula is C15H17N3O2. The number of carbonyl (C=O) groups is 1. The number of anilines is 1. The van der Waals surface area contributed by atoms with Crippen LogP contribution in [0.3, 0.4) is 0 Å². The predicted octanol–water partition coefficient (Wildman–Crippen LogP) is 1.86. The normalized spacial score (nSPS) is 10.0. The number of ether oxygens (including phenoxy) is 1. The molecule has 0 unspecified atom stereocenters. The summed E-state index contributed by atoms with van der Waals surface area (Å²) in [5, 5.41) is 2.80. The van der Waals surface area contributed by atoms with E-state index in [1.165, 1.54) is 6.20 Å². The molecule has 5 heteroatoms. The summed E-state index contributed by atoms with van der Waals surface area (Å²) >= 11 is 0. The molecule has 1 amide bonds. The van der Waals surface area contributed by atoms with E-state index in [0.29, 0.717) is 24.5 Å². The molecule has 104 valence electrons. The lowest BCUT2D eigenvalue weighted by Crippen LogP contribution is -2.25. The number of amides is 1. The zero-order chi connectivity index (χ0) is 14.2. The van der Waals surface area contributed by atoms with Crippen LogP contribution in [0.4, 0.5) is 5.82 Å². The minimum atomic E-state index is -0.155. The minimum absolute atomic E-state index is 0.155. The molecule has 0 aliphatic carbocycles. The Bertz CT molecular complexity index is 541. The standard InChI is InChI=1S/C15H17N3O2/c16-14-8-7-12(11-18-14)15(19)17-9-4-10-20-13-5-2-1-3-6-13/h1-3,5-8,11H,4,9-10H2,(H2,16,18)(H,17,19). The third kappa shape index (κ3) is 4.28. The quantitative estimate of drug-likeness (QED) is 0.786. The number of hydrogen-bond donors (Lipinski definition) is 2. The monoisotopic (exact) mass is 271 g/mol. The van der Waals surface area contributed by atoms with Gasteiger partial charge in [0.15, 0.2) is 0 Å². The predicted molar refractivity (Wildman–Crippen MR) is 77.5 cm³/mol. The molecule has 2 rings (SSSR count). The fourth-order valence-corrected chi connectivity index (χ4v) is 1.62. The van der Waals surface area contributed by atoms with Crippen molar-refractivity contribution >= 4 is 11.7 Å². The smallest absolute Gasteiger partial charge is 0.252 e. The van der Waals surface area contributed by atoms with Crippen molar-refractivity contribution in [3.05, 3.63) is 54.2 Å². The second-order valence-corrected chi connectivity index (χ2v) is 4.24. The number of carbonyl (C=O) groups excluding carboxylic acids is 1. The Morgan fingerprint density at radius 1 is 1.20 bits per heavy atom. The van der Waals surface area contributed by atoms with Gasteiger partial charge in [-0.05, 0) is 30.7 Å². The Morgan fingerprint density at radius 2 is 2.00 bits per heavy atom. The largest absolute Gasteiger partial charge is 0.494 e. The van der Waals surface area contributed by atoms with Gasteiger partial charge in [0.05, 0.1) is 12.2 Å². The molecule has 0 spiro atoms. The fourth-order valence-electron chi connectivity index (χ4n) is 1.62. The van der Waals surface area contributed by atoms with E-state index in [-0.39, 0.29) is 5.91 Å². The van der Waals surface area contributed by atoms with Gasteiger partial charge in [-0.2, -0.15) is 0 Å². The molecule has 0 saturated carbocycles. The van der Waals surface area contributed by atoms with Crippen molar-refractivity contribution in [1.29, 1.82) is 0 Å². The second kappa shape index (κ2) is 7.13. The van der Waals surface area contributed by atoms with Crippen LogP contribution >= 0.6 is 0 Å². The molecule has 2 aromatic rings. The van der Waals surface area contributed by atoms with Gasteiger partial charge in [-0.15, -0.1) is 0 Å². The summed E-state index contributed by atoms with van der Waals surface area (Å²) in [7, 11) is 0. The summed E-state index contributed by atoms with van der Waals surface area (Å²) in [6.45, 7) is 1.11. The SMILES string of the molecule is Nc1ccc(C(=O)NCCCOc2ccccc2)cn1. The Kier molecular flexibility index (Phi) is 4.94. The first-order valence-electron chi connectivity index (χ1n) is 6.43. The van der Waals surface area contributed by atoms with E-state index in [9.17, 15) is 4.79 Å². The number of para-hydroxylation sites is 1. The second-order valence-electron chi connectivity index (χ2n) is 4.24. The molecular weight excluding hydrogens is 254 g/mol. The fraction of sp³-hybridized carbons (Fsp3) is 0.200. The van der Waals surface area contributed by atoms with E-state index in [0.717, 1.165) is 12.2 Å². The maximum atomic E-state index is 11.8. The zero-order valence-electron chi connectivity index (χ0n) is 11.1. The molecule has 1 aromatic carbocycles. The lowest BCUT2D eigenvalue weighted by atomic mass is 10.2. The number of nitrogens with zero attached hydrogens (tertiary/aromatic N) is 1. The van der Waals surface area contributed by atoms with Crippen LogP contribution < -0.4 is 15.8 Å². The van der Waals surface area contributed by atoms with Crippen LogP contribution in [0, 0.1) is 0 Å². The number of nitrogen functional groups attached to an aromatic ring is 1. The highest BCUT2D eigenvalue weighted by Gasteiger charge is 2.04. The summed E-state index contributed by atoms with van der Waals surface area (Å²) in [5.74, 6) is 1.08. The molecule has 3 N–H and O–H groups in total. The van der Waals surface area contributed by atoms with E-state index in [2.05, 4.69) is 10.3 Å². The Hall–Kier alpha value is -2.56. The number of aromatic nitrogens is 1. The minimum Gasteiger partial charge on any atom is -0.494 e. The van der Waals surface area contributed by atoms with E-state index in [1.807, 2.05) is 30.3 Å². The first kappa shape index (κ1) is 13.9. The zero-order valence-corrected chi connectivity index (χ0v) is 11.1. The van der Waals surface area contributed by atoms with Crippen LogP contribution in [0.15, 0.2) is 48.7 Å².